The van der Waals surface area contributed by atoms with Crippen molar-refractivity contribution < 1.29 is 13.6 Å². The molecule has 3 rings (SSSR count). The number of carbonyl (C=O) groups is 1. The van der Waals surface area contributed by atoms with Crippen molar-refractivity contribution >= 4 is 5.91 Å². The fourth-order valence-corrected chi connectivity index (χ4v) is 2.96. The average molecular weight is 381 g/mol. The van der Waals surface area contributed by atoms with Crippen LogP contribution in [0, 0.1) is 5.82 Å². The number of oxazole rings is 1. The Morgan fingerprint density at radius 3 is 2.61 bits per heavy atom. The van der Waals surface area contributed by atoms with E-state index >= 15 is 0 Å². The second-order valence-electron chi connectivity index (χ2n) is 6.54. The van der Waals surface area contributed by atoms with Crippen molar-refractivity contribution in [2.75, 3.05) is 13.1 Å². The Hall–Kier alpha value is -2.99. The van der Waals surface area contributed by atoms with Crippen molar-refractivity contribution in [1.29, 1.82) is 0 Å². The highest BCUT2D eigenvalue weighted by Gasteiger charge is 2.16. The van der Waals surface area contributed by atoms with E-state index < -0.39 is 0 Å². The summed E-state index contributed by atoms with van der Waals surface area (Å²) < 4.78 is 19.5. The van der Waals surface area contributed by atoms with E-state index in [1.165, 1.54) is 12.3 Å². The molecule has 0 unspecified atom stereocenters. The summed E-state index contributed by atoms with van der Waals surface area (Å²) in [5, 5.41) is 0. The van der Waals surface area contributed by atoms with Gasteiger partial charge in [-0.15, -0.1) is 0 Å². The summed E-state index contributed by atoms with van der Waals surface area (Å²) in [6.07, 6.45) is 2.87. The summed E-state index contributed by atoms with van der Waals surface area (Å²) in [7, 11) is 0. The molecule has 0 atom stereocenters. The summed E-state index contributed by atoms with van der Waals surface area (Å²) in [5.41, 5.74) is 7.05. The fraction of sp³-hybridized carbons (Fsp3) is 0.273. The highest BCUT2D eigenvalue weighted by Crippen LogP contribution is 2.23. The molecule has 146 valence electrons. The van der Waals surface area contributed by atoms with E-state index in [1.54, 1.807) is 18.2 Å². The van der Waals surface area contributed by atoms with Crippen molar-refractivity contribution in [3.63, 3.8) is 0 Å². The van der Waals surface area contributed by atoms with Gasteiger partial charge in [0.1, 0.15) is 5.82 Å². The molecule has 0 saturated carbocycles. The molecular weight excluding hydrogens is 357 g/mol. The first kappa shape index (κ1) is 19.8. The fourth-order valence-electron chi connectivity index (χ4n) is 2.96. The van der Waals surface area contributed by atoms with E-state index in [1.807, 2.05) is 35.2 Å². The van der Waals surface area contributed by atoms with Crippen LogP contribution in [0.2, 0.25) is 0 Å². The van der Waals surface area contributed by atoms with Gasteiger partial charge in [-0.25, -0.2) is 9.37 Å². The van der Waals surface area contributed by atoms with Crippen LogP contribution in [0.1, 0.15) is 24.3 Å². The Morgan fingerprint density at radius 1 is 1.11 bits per heavy atom. The summed E-state index contributed by atoms with van der Waals surface area (Å²) >= 11 is 0. The van der Waals surface area contributed by atoms with E-state index in [2.05, 4.69) is 4.98 Å². The molecule has 6 heteroatoms. The minimum Gasteiger partial charge on any atom is -0.441 e. The van der Waals surface area contributed by atoms with Gasteiger partial charge in [0.2, 0.25) is 5.91 Å². The Labute approximate surface area is 164 Å². The van der Waals surface area contributed by atoms with Crippen LogP contribution in [0.4, 0.5) is 4.39 Å². The third kappa shape index (κ3) is 5.27. The topological polar surface area (TPSA) is 72.4 Å². The van der Waals surface area contributed by atoms with Gasteiger partial charge in [0.25, 0.3) is 0 Å². The highest BCUT2D eigenvalue weighted by molar-refractivity contribution is 5.76. The van der Waals surface area contributed by atoms with Crippen LogP contribution in [0.25, 0.3) is 11.3 Å². The molecule has 0 spiro atoms. The molecule has 0 aliphatic carbocycles. The third-order valence-corrected chi connectivity index (χ3v) is 4.45. The molecule has 1 heterocycles. The highest BCUT2D eigenvalue weighted by atomic mass is 19.1. The Morgan fingerprint density at radius 2 is 1.86 bits per heavy atom. The first-order valence-corrected chi connectivity index (χ1v) is 9.38. The molecule has 1 aromatic heterocycles. The van der Waals surface area contributed by atoms with E-state index in [0.29, 0.717) is 43.3 Å². The number of aromatic nitrogens is 1. The molecule has 2 N–H and O–H groups in total. The Bertz CT molecular complexity index is 896. The first-order chi connectivity index (χ1) is 13.7. The zero-order valence-electron chi connectivity index (χ0n) is 15.7. The average Bonchev–Trinajstić information content (AvgIpc) is 3.19. The first-order valence-electron chi connectivity index (χ1n) is 9.38. The van der Waals surface area contributed by atoms with Gasteiger partial charge in [0.15, 0.2) is 11.7 Å². The number of carbonyl (C=O) groups excluding carboxylic acids is 1. The van der Waals surface area contributed by atoms with Gasteiger partial charge in [0, 0.05) is 25.9 Å². The smallest absolute Gasteiger partial charge is 0.223 e. The molecule has 0 bridgehead atoms. The number of halogens is 1. The van der Waals surface area contributed by atoms with E-state index in [9.17, 15) is 9.18 Å². The van der Waals surface area contributed by atoms with Gasteiger partial charge in [-0.3, -0.25) is 4.79 Å². The lowest BCUT2D eigenvalue weighted by Gasteiger charge is -2.22. The predicted octanol–water partition coefficient (Wildman–Crippen LogP) is 3.79. The Balaban J connectivity index is 1.61. The number of rotatable bonds is 9. The van der Waals surface area contributed by atoms with Gasteiger partial charge in [-0.05, 0) is 30.7 Å². The second-order valence-corrected chi connectivity index (χ2v) is 6.54. The molecule has 0 aliphatic heterocycles. The van der Waals surface area contributed by atoms with Crippen LogP contribution in [0.3, 0.4) is 0 Å². The number of nitrogens with zero attached hydrogens (tertiary/aromatic N) is 2. The van der Waals surface area contributed by atoms with Crippen LogP contribution >= 0.6 is 0 Å². The van der Waals surface area contributed by atoms with E-state index in [-0.39, 0.29) is 18.1 Å². The minimum absolute atomic E-state index is 0.0166. The molecular formula is C22H24FN3O2. The second kappa shape index (κ2) is 9.80. The van der Waals surface area contributed by atoms with E-state index in [4.69, 9.17) is 10.2 Å². The normalized spacial score (nSPS) is 10.8. The van der Waals surface area contributed by atoms with Gasteiger partial charge >= 0.3 is 0 Å². The maximum Gasteiger partial charge on any atom is 0.223 e. The third-order valence-electron chi connectivity index (χ3n) is 4.45. The Kier molecular flexibility index (Phi) is 6.92. The van der Waals surface area contributed by atoms with Crippen LogP contribution < -0.4 is 5.73 Å². The number of hydrogen-bond acceptors (Lipinski definition) is 4. The number of amides is 1. The van der Waals surface area contributed by atoms with Crippen molar-refractivity contribution in [2.24, 2.45) is 5.73 Å². The maximum absolute atomic E-state index is 13.9. The minimum atomic E-state index is -0.364. The lowest BCUT2D eigenvalue weighted by atomic mass is 10.2. The summed E-state index contributed by atoms with van der Waals surface area (Å²) in [5.74, 6) is 0.440. The molecule has 2 aromatic carbocycles. The van der Waals surface area contributed by atoms with Crippen molar-refractivity contribution in [1.82, 2.24) is 9.88 Å². The zero-order valence-corrected chi connectivity index (χ0v) is 15.7. The van der Waals surface area contributed by atoms with E-state index in [0.717, 1.165) is 12.0 Å². The van der Waals surface area contributed by atoms with Crippen LogP contribution in [0.15, 0.2) is 65.2 Å². The molecule has 0 fully saturated rings. The van der Waals surface area contributed by atoms with Gasteiger partial charge in [-0.2, -0.15) is 0 Å². The van der Waals surface area contributed by atoms with Gasteiger partial charge in [-0.1, -0.05) is 42.5 Å². The summed E-state index contributed by atoms with van der Waals surface area (Å²) in [6, 6.07) is 16.2. The zero-order chi connectivity index (χ0) is 19.8. The lowest BCUT2D eigenvalue weighted by molar-refractivity contribution is -0.131. The van der Waals surface area contributed by atoms with Crippen molar-refractivity contribution in [2.45, 2.75) is 25.8 Å². The maximum atomic E-state index is 13.9. The molecule has 0 saturated heterocycles. The largest absolute Gasteiger partial charge is 0.441 e. The molecule has 28 heavy (non-hydrogen) atoms. The van der Waals surface area contributed by atoms with Crippen LogP contribution in [0.5, 0.6) is 0 Å². The van der Waals surface area contributed by atoms with Gasteiger partial charge < -0.3 is 15.1 Å². The number of benzene rings is 2. The number of hydrogen-bond donors (Lipinski definition) is 1. The monoisotopic (exact) mass is 381 g/mol. The molecule has 0 radical (unpaired) electrons. The number of nitrogens with two attached hydrogens (primary N) is 1. The lowest BCUT2D eigenvalue weighted by Crippen LogP contribution is -2.32. The van der Waals surface area contributed by atoms with Gasteiger partial charge in [0.05, 0.1) is 11.8 Å². The molecule has 5 nitrogen and oxygen atoms in total. The summed E-state index contributed by atoms with van der Waals surface area (Å²) in [6.45, 7) is 1.69. The predicted molar refractivity (Wildman–Crippen MR) is 106 cm³/mol. The van der Waals surface area contributed by atoms with Crippen LogP contribution in [-0.2, 0) is 17.8 Å². The molecule has 0 aliphatic rings. The number of aryl methyl sites for hydroxylation is 1. The molecule has 3 aromatic rings. The van der Waals surface area contributed by atoms with Crippen LogP contribution in [-0.4, -0.2) is 28.9 Å². The quantitative estimate of drug-likeness (QED) is 0.612. The molecule has 1 amide bonds. The SMILES string of the molecule is NCCCN(Cc1ccccc1)C(=O)CCc1ncc(-c2ccccc2F)o1. The van der Waals surface area contributed by atoms with Crippen molar-refractivity contribution in [3.8, 4) is 11.3 Å². The van der Waals surface area contributed by atoms with Crippen molar-refractivity contribution in [3.05, 3.63) is 78.1 Å². The summed E-state index contributed by atoms with van der Waals surface area (Å²) in [4.78, 5) is 18.7. The standard InChI is InChI=1S/C22H24FN3O2/c23-19-10-5-4-9-18(19)20-15-25-21(28-20)11-12-22(27)26(14-6-13-24)16-17-7-2-1-3-8-17/h1-5,7-10,15H,6,11-14,16,24H2.